The van der Waals surface area contributed by atoms with E-state index in [4.69, 9.17) is 10.5 Å². The summed E-state index contributed by atoms with van der Waals surface area (Å²) >= 11 is 0. The van der Waals surface area contributed by atoms with E-state index in [-0.39, 0.29) is 6.04 Å². The zero-order chi connectivity index (χ0) is 15.3. The minimum Gasteiger partial charge on any atom is -0.481 e. The van der Waals surface area contributed by atoms with Crippen LogP contribution >= 0.6 is 0 Å². The molecule has 0 aliphatic carbocycles. The van der Waals surface area contributed by atoms with E-state index in [1.807, 2.05) is 12.3 Å². The number of rotatable bonds is 6. The number of pyridine rings is 1. The van der Waals surface area contributed by atoms with Gasteiger partial charge in [-0.05, 0) is 36.9 Å². The van der Waals surface area contributed by atoms with Crippen molar-refractivity contribution in [3.05, 3.63) is 23.9 Å². The predicted octanol–water partition coefficient (Wildman–Crippen LogP) is 2.99. The van der Waals surface area contributed by atoms with Gasteiger partial charge in [-0.3, -0.25) is 4.90 Å². The second-order valence-corrected chi connectivity index (χ2v) is 6.13. The molecule has 1 unspecified atom stereocenters. The number of methoxy groups -OCH3 is 1. The van der Waals surface area contributed by atoms with E-state index in [1.54, 1.807) is 7.11 Å². The van der Waals surface area contributed by atoms with Gasteiger partial charge in [0.25, 0.3) is 0 Å². The highest BCUT2D eigenvalue weighted by Gasteiger charge is 2.33. The SMILES string of the molecule is CCC1(CC)CCN(C(CN)c2ccc(OC)nc2)CC1. The second-order valence-electron chi connectivity index (χ2n) is 6.13. The topological polar surface area (TPSA) is 51.4 Å². The van der Waals surface area contributed by atoms with Crippen LogP contribution in [0.3, 0.4) is 0 Å². The molecule has 0 saturated carbocycles. The van der Waals surface area contributed by atoms with Gasteiger partial charge in [0.15, 0.2) is 0 Å². The molecule has 118 valence electrons. The Labute approximate surface area is 128 Å². The van der Waals surface area contributed by atoms with Crippen molar-refractivity contribution in [3.63, 3.8) is 0 Å². The molecule has 1 saturated heterocycles. The van der Waals surface area contributed by atoms with Crippen molar-refractivity contribution in [2.75, 3.05) is 26.7 Å². The summed E-state index contributed by atoms with van der Waals surface area (Å²) in [4.78, 5) is 6.84. The second kappa shape index (κ2) is 7.23. The van der Waals surface area contributed by atoms with Gasteiger partial charge >= 0.3 is 0 Å². The lowest BCUT2D eigenvalue weighted by Crippen LogP contribution is -2.43. The molecule has 1 aliphatic heterocycles. The first-order valence-corrected chi connectivity index (χ1v) is 8.12. The number of aromatic nitrogens is 1. The molecule has 0 radical (unpaired) electrons. The fourth-order valence-electron chi connectivity index (χ4n) is 3.47. The van der Waals surface area contributed by atoms with Crippen LogP contribution in [0, 0.1) is 5.41 Å². The number of piperidine rings is 1. The van der Waals surface area contributed by atoms with Crippen LogP contribution in [-0.4, -0.2) is 36.6 Å². The first kappa shape index (κ1) is 16.2. The van der Waals surface area contributed by atoms with Crippen LogP contribution in [0.25, 0.3) is 0 Å². The van der Waals surface area contributed by atoms with Crippen LogP contribution in [0.2, 0.25) is 0 Å². The minimum atomic E-state index is 0.273. The molecule has 0 spiro atoms. The lowest BCUT2D eigenvalue weighted by Gasteiger charge is -2.43. The van der Waals surface area contributed by atoms with Crippen LogP contribution in [-0.2, 0) is 0 Å². The van der Waals surface area contributed by atoms with E-state index in [0.717, 1.165) is 13.1 Å². The van der Waals surface area contributed by atoms with Gasteiger partial charge < -0.3 is 10.5 Å². The molecule has 1 atom stereocenters. The number of hydrogen-bond acceptors (Lipinski definition) is 4. The van der Waals surface area contributed by atoms with Crippen molar-refractivity contribution < 1.29 is 4.74 Å². The molecule has 4 heteroatoms. The molecular formula is C17H29N3O. The number of ether oxygens (including phenoxy) is 1. The summed E-state index contributed by atoms with van der Waals surface area (Å²) < 4.78 is 5.13. The smallest absolute Gasteiger partial charge is 0.212 e. The van der Waals surface area contributed by atoms with Crippen LogP contribution in [0.1, 0.15) is 51.1 Å². The monoisotopic (exact) mass is 291 g/mol. The first-order chi connectivity index (χ1) is 10.2. The molecule has 1 aromatic rings. The van der Waals surface area contributed by atoms with Gasteiger partial charge in [-0.25, -0.2) is 4.98 Å². The predicted molar refractivity (Wildman–Crippen MR) is 86.4 cm³/mol. The van der Waals surface area contributed by atoms with Crippen molar-refractivity contribution in [1.82, 2.24) is 9.88 Å². The normalized spacial score (nSPS) is 20.2. The Hall–Kier alpha value is -1.13. The Balaban J connectivity index is 2.05. The molecule has 0 amide bonds. The molecule has 1 fully saturated rings. The third-order valence-corrected chi connectivity index (χ3v) is 5.38. The Morgan fingerprint density at radius 1 is 1.29 bits per heavy atom. The first-order valence-electron chi connectivity index (χ1n) is 8.12. The summed E-state index contributed by atoms with van der Waals surface area (Å²) in [7, 11) is 1.64. The summed E-state index contributed by atoms with van der Waals surface area (Å²) in [5.41, 5.74) is 7.78. The van der Waals surface area contributed by atoms with E-state index in [0.29, 0.717) is 17.8 Å². The average molecular weight is 291 g/mol. The molecule has 2 heterocycles. The molecule has 1 aromatic heterocycles. The summed E-state index contributed by atoms with van der Waals surface area (Å²) in [5.74, 6) is 0.657. The third-order valence-electron chi connectivity index (χ3n) is 5.38. The lowest BCUT2D eigenvalue weighted by atomic mass is 9.74. The lowest BCUT2D eigenvalue weighted by molar-refractivity contribution is 0.0678. The Morgan fingerprint density at radius 3 is 2.38 bits per heavy atom. The van der Waals surface area contributed by atoms with Crippen LogP contribution < -0.4 is 10.5 Å². The molecule has 0 bridgehead atoms. The van der Waals surface area contributed by atoms with Gasteiger partial charge in [-0.1, -0.05) is 32.8 Å². The maximum Gasteiger partial charge on any atom is 0.212 e. The van der Waals surface area contributed by atoms with Crippen LogP contribution in [0.15, 0.2) is 18.3 Å². The molecular weight excluding hydrogens is 262 g/mol. The average Bonchev–Trinajstić information content (AvgIpc) is 2.57. The highest BCUT2D eigenvalue weighted by atomic mass is 16.5. The number of nitrogens with zero attached hydrogens (tertiary/aromatic N) is 2. The highest BCUT2D eigenvalue weighted by Crippen LogP contribution is 2.39. The van der Waals surface area contributed by atoms with Crippen molar-refractivity contribution >= 4 is 0 Å². The van der Waals surface area contributed by atoms with E-state index in [1.165, 1.54) is 31.2 Å². The van der Waals surface area contributed by atoms with Gasteiger partial charge in [0, 0.05) is 24.8 Å². The maximum absolute atomic E-state index is 6.04. The summed E-state index contributed by atoms with van der Waals surface area (Å²) in [6.45, 7) is 7.56. The van der Waals surface area contributed by atoms with Gasteiger partial charge in [0.1, 0.15) is 0 Å². The van der Waals surface area contributed by atoms with Crippen molar-refractivity contribution in [2.45, 2.75) is 45.6 Å². The summed E-state index contributed by atoms with van der Waals surface area (Å²) in [6.07, 6.45) is 7.03. The maximum atomic E-state index is 6.04. The van der Waals surface area contributed by atoms with Crippen molar-refractivity contribution in [3.8, 4) is 5.88 Å². The molecule has 2 rings (SSSR count). The van der Waals surface area contributed by atoms with Crippen molar-refractivity contribution in [1.29, 1.82) is 0 Å². The summed E-state index contributed by atoms with van der Waals surface area (Å²) in [5, 5.41) is 0. The fourth-order valence-corrected chi connectivity index (χ4v) is 3.47. The Kier molecular flexibility index (Phi) is 5.59. The molecule has 2 N–H and O–H groups in total. The summed E-state index contributed by atoms with van der Waals surface area (Å²) in [6, 6.07) is 4.28. The third kappa shape index (κ3) is 3.55. The van der Waals surface area contributed by atoms with Crippen LogP contribution in [0.5, 0.6) is 5.88 Å². The quantitative estimate of drug-likeness (QED) is 0.875. The van der Waals surface area contributed by atoms with Crippen LogP contribution in [0.4, 0.5) is 0 Å². The zero-order valence-electron chi connectivity index (χ0n) is 13.6. The number of likely N-dealkylation sites (tertiary alicyclic amines) is 1. The molecule has 0 aromatic carbocycles. The van der Waals surface area contributed by atoms with E-state index >= 15 is 0 Å². The van der Waals surface area contributed by atoms with E-state index < -0.39 is 0 Å². The van der Waals surface area contributed by atoms with Gasteiger partial charge in [-0.2, -0.15) is 0 Å². The number of hydrogen-bond donors (Lipinski definition) is 1. The van der Waals surface area contributed by atoms with Gasteiger partial charge in [-0.15, -0.1) is 0 Å². The Morgan fingerprint density at radius 2 is 1.95 bits per heavy atom. The minimum absolute atomic E-state index is 0.273. The number of nitrogens with two attached hydrogens (primary N) is 1. The molecule has 21 heavy (non-hydrogen) atoms. The van der Waals surface area contributed by atoms with E-state index in [2.05, 4.69) is 29.8 Å². The largest absolute Gasteiger partial charge is 0.481 e. The molecule has 1 aliphatic rings. The standard InChI is InChI=1S/C17H29N3O/c1-4-17(5-2)8-10-20(11-9-17)15(12-18)14-6-7-16(21-3)19-13-14/h6-7,13,15H,4-5,8-12,18H2,1-3H3. The molecule has 4 nitrogen and oxygen atoms in total. The van der Waals surface area contributed by atoms with Gasteiger partial charge in [0.2, 0.25) is 5.88 Å². The van der Waals surface area contributed by atoms with Crippen molar-refractivity contribution in [2.24, 2.45) is 11.1 Å². The highest BCUT2D eigenvalue weighted by molar-refractivity contribution is 5.21. The zero-order valence-corrected chi connectivity index (χ0v) is 13.6. The fraction of sp³-hybridized carbons (Fsp3) is 0.706. The Bertz CT molecular complexity index is 418. The van der Waals surface area contributed by atoms with E-state index in [9.17, 15) is 0 Å². The van der Waals surface area contributed by atoms with Gasteiger partial charge in [0.05, 0.1) is 7.11 Å².